The van der Waals surface area contributed by atoms with Crippen LogP contribution in [0.4, 0.5) is 13.2 Å². The summed E-state index contributed by atoms with van der Waals surface area (Å²) in [5, 5.41) is 0. The normalized spacial score (nSPS) is 15.8. The molecule has 0 heterocycles. The highest BCUT2D eigenvalue weighted by Gasteiger charge is 2.32. The van der Waals surface area contributed by atoms with Gasteiger partial charge in [-0.15, -0.1) is 13.2 Å². The summed E-state index contributed by atoms with van der Waals surface area (Å²) in [5.41, 5.74) is 0.950. The first kappa shape index (κ1) is 14.6. The maximum absolute atomic E-state index is 12.3. The van der Waals surface area contributed by atoms with E-state index in [1.165, 1.54) is 24.3 Å². The van der Waals surface area contributed by atoms with Gasteiger partial charge in [-0.3, -0.25) is 4.79 Å². The summed E-state index contributed by atoms with van der Waals surface area (Å²) in [4.78, 5) is 12.1. The van der Waals surface area contributed by atoms with Crippen LogP contribution in [0.15, 0.2) is 35.9 Å². The largest absolute Gasteiger partial charge is 0.573 e. The van der Waals surface area contributed by atoms with Gasteiger partial charge in [-0.25, -0.2) is 0 Å². The lowest BCUT2D eigenvalue weighted by atomic mass is 9.93. The molecule has 0 atom stereocenters. The van der Waals surface area contributed by atoms with Crippen molar-refractivity contribution in [1.82, 2.24) is 0 Å². The SMILES string of the molecule is O=C(C=C1CCCCC1)c1ccccc1OC(F)(F)F. The molecular formula is C15H15F3O2. The third-order valence-corrected chi connectivity index (χ3v) is 3.21. The van der Waals surface area contributed by atoms with Gasteiger partial charge in [0.1, 0.15) is 5.75 Å². The van der Waals surface area contributed by atoms with Crippen LogP contribution in [0.1, 0.15) is 42.5 Å². The number of rotatable bonds is 3. The van der Waals surface area contributed by atoms with Crippen LogP contribution in [0.2, 0.25) is 0 Å². The molecule has 0 unspecified atom stereocenters. The number of carbonyl (C=O) groups excluding carboxylic acids is 1. The van der Waals surface area contributed by atoms with Crippen molar-refractivity contribution in [1.29, 1.82) is 0 Å². The van der Waals surface area contributed by atoms with Gasteiger partial charge in [0.2, 0.25) is 0 Å². The van der Waals surface area contributed by atoms with Crippen LogP contribution in [0.3, 0.4) is 0 Å². The highest BCUT2D eigenvalue weighted by atomic mass is 19.4. The average Bonchev–Trinajstić information content (AvgIpc) is 2.38. The van der Waals surface area contributed by atoms with Crippen molar-refractivity contribution < 1.29 is 22.7 Å². The minimum absolute atomic E-state index is 0.0529. The Hall–Kier alpha value is -1.78. The molecule has 0 saturated heterocycles. The second-order valence-electron chi connectivity index (χ2n) is 4.77. The van der Waals surface area contributed by atoms with Crippen molar-refractivity contribution in [2.75, 3.05) is 0 Å². The monoisotopic (exact) mass is 284 g/mol. The second kappa shape index (κ2) is 6.11. The van der Waals surface area contributed by atoms with E-state index in [2.05, 4.69) is 4.74 Å². The molecule has 0 bridgehead atoms. The predicted octanol–water partition coefficient (Wildman–Crippen LogP) is 4.66. The van der Waals surface area contributed by atoms with Gasteiger partial charge in [0, 0.05) is 0 Å². The zero-order valence-electron chi connectivity index (χ0n) is 10.9. The van der Waals surface area contributed by atoms with Crippen molar-refractivity contribution in [2.45, 2.75) is 38.5 Å². The number of allylic oxidation sites excluding steroid dienone is 2. The van der Waals surface area contributed by atoms with Gasteiger partial charge in [0.25, 0.3) is 0 Å². The number of hydrogen-bond donors (Lipinski definition) is 0. The highest BCUT2D eigenvalue weighted by molar-refractivity contribution is 6.06. The summed E-state index contributed by atoms with van der Waals surface area (Å²) in [6.07, 6.45) is 1.53. The first-order valence-corrected chi connectivity index (χ1v) is 6.54. The molecule has 0 spiro atoms. The fourth-order valence-electron chi connectivity index (χ4n) is 2.30. The molecule has 1 aliphatic carbocycles. The third-order valence-electron chi connectivity index (χ3n) is 3.21. The molecule has 2 nitrogen and oxygen atoms in total. The lowest BCUT2D eigenvalue weighted by molar-refractivity contribution is -0.274. The molecule has 20 heavy (non-hydrogen) atoms. The highest BCUT2D eigenvalue weighted by Crippen LogP contribution is 2.28. The summed E-state index contributed by atoms with van der Waals surface area (Å²) in [6.45, 7) is 0. The average molecular weight is 284 g/mol. The maximum atomic E-state index is 12.3. The summed E-state index contributed by atoms with van der Waals surface area (Å²) < 4.78 is 40.8. The number of para-hydroxylation sites is 1. The molecule has 108 valence electrons. The van der Waals surface area contributed by atoms with Crippen LogP contribution in [0.25, 0.3) is 0 Å². The molecule has 1 saturated carbocycles. The van der Waals surface area contributed by atoms with E-state index in [4.69, 9.17) is 0 Å². The van der Waals surface area contributed by atoms with E-state index in [-0.39, 0.29) is 5.56 Å². The van der Waals surface area contributed by atoms with Crippen LogP contribution in [-0.4, -0.2) is 12.1 Å². The summed E-state index contributed by atoms with van der Waals surface area (Å²) >= 11 is 0. The van der Waals surface area contributed by atoms with Gasteiger partial charge in [-0.05, 0) is 43.9 Å². The van der Waals surface area contributed by atoms with E-state index in [1.807, 2.05) is 0 Å². The van der Waals surface area contributed by atoms with E-state index in [0.717, 1.165) is 43.7 Å². The number of carbonyl (C=O) groups is 1. The van der Waals surface area contributed by atoms with Gasteiger partial charge in [0.15, 0.2) is 5.78 Å². The van der Waals surface area contributed by atoms with Crippen molar-refractivity contribution in [3.05, 3.63) is 41.5 Å². The van der Waals surface area contributed by atoms with Crippen LogP contribution in [-0.2, 0) is 0 Å². The molecule has 0 aliphatic heterocycles. The number of alkyl halides is 3. The first-order valence-electron chi connectivity index (χ1n) is 6.54. The lowest BCUT2D eigenvalue weighted by Gasteiger charge is -2.14. The van der Waals surface area contributed by atoms with Crippen molar-refractivity contribution >= 4 is 5.78 Å². The first-order chi connectivity index (χ1) is 9.46. The van der Waals surface area contributed by atoms with Crippen LogP contribution < -0.4 is 4.74 Å². The summed E-state index contributed by atoms with van der Waals surface area (Å²) in [6, 6.07) is 5.44. The predicted molar refractivity (Wildman–Crippen MR) is 68.6 cm³/mol. The Morgan fingerprint density at radius 1 is 1.10 bits per heavy atom. The maximum Gasteiger partial charge on any atom is 0.573 e. The summed E-state index contributed by atoms with van der Waals surface area (Å²) in [7, 11) is 0. The van der Waals surface area contributed by atoms with E-state index >= 15 is 0 Å². The smallest absolute Gasteiger partial charge is 0.405 e. The van der Waals surface area contributed by atoms with Gasteiger partial charge >= 0.3 is 6.36 Å². The number of ether oxygens (including phenoxy) is 1. The fourth-order valence-corrected chi connectivity index (χ4v) is 2.30. The van der Waals surface area contributed by atoms with Crippen LogP contribution in [0.5, 0.6) is 5.75 Å². The molecule has 1 aromatic carbocycles. The molecule has 0 aromatic heterocycles. The second-order valence-corrected chi connectivity index (χ2v) is 4.77. The molecule has 0 amide bonds. The Morgan fingerprint density at radius 2 is 1.75 bits per heavy atom. The Bertz CT molecular complexity index is 510. The molecule has 1 fully saturated rings. The molecule has 2 rings (SSSR count). The van der Waals surface area contributed by atoms with Crippen molar-refractivity contribution in [3.63, 3.8) is 0 Å². The molecule has 0 N–H and O–H groups in total. The molecule has 5 heteroatoms. The molecular weight excluding hydrogens is 269 g/mol. The van der Waals surface area contributed by atoms with Crippen molar-refractivity contribution in [2.24, 2.45) is 0 Å². The Balaban J connectivity index is 2.21. The minimum Gasteiger partial charge on any atom is -0.405 e. The number of hydrogen-bond acceptors (Lipinski definition) is 2. The molecule has 0 radical (unpaired) electrons. The molecule has 1 aliphatic rings. The van der Waals surface area contributed by atoms with E-state index in [9.17, 15) is 18.0 Å². The number of benzene rings is 1. The van der Waals surface area contributed by atoms with E-state index < -0.39 is 17.9 Å². The lowest BCUT2D eigenvalue weighted by Crippen LogP contribution is -2.18. The fraction of sp³-hybridized carbons (Fsp3) is 0.400. The van der Waals surface area contributed by atoms with Gasteiger partial charge in [-0.1, -0.05) is 24.1 Å². The quantitative estimate of drug-likeness (QED) is 0.596. The molecule has 1 aromatic rings. The number of ketones is 1. The number of halogens is 3. The summed E-state index contributed by atoms with van der Waals surface area (Å²) in [5.74, 6) is -0.876. The van der Waals surface area contributed by atoms with Gasteiger partial charge in [-0.2, -0.15) is 0 Å². The van der Waals surface area contributed by atoms with E-state index in [1.54, 1.807) is 0 Å². The topological polar surface area (TPSA) is 26.3 Å². The van der Waals surface area contributed by atoms with Crippen molar-refractivity contribution in [3.8, 4) is 5.75 Å². The van der Waals surface area contributed by atoms with Gasteiger partial charge < -0.3 is 4.74 Å². The van der Waals surface area contributed by atoms with Crippen LogP contribution >= 0.6 is 0 Å². The Kier molecular flexibility index (Phi) is 4.47. The third kappa shape index (κ3) is 4.11. The van der Waals surface area contributed by atoms with E-state index in [0.29, 0.717) is 0 Å². The minimum atomic E-state index is -4.80. The zero-order chi connectivity index (χ0) is 14.6. The Morgan fingerprint density at radius 3 is 2.40 bits per heavy atom. The Labute approximate surface area is 115 Å². The van der Waals surface area contributed by atoms with Gasteiger partial charge in [0.05, 0.1) is 5.56 Å². The standard InChI is InChI=1S/C15H15F3O2/c16-15(17,18)20-14-9-5-4-8-12(14)13(19)10-11-6-2-1-3-7-11/h4-5,8-10H,1-3,6-7H2. The van der Waals surface area contributed by atoms with Crippen LogP contribution in [0, 0.1) is 0 Å². The zero-order valence-corrected chi connectivity index (χ0v) is 10.9.